The first-order chi connectivity index (χ1) is 13.7. The molecule has 0 radical (unpaired) electrons. The van der Waals surface area contributed by atoms with E-state index in [1.807, 2.05) is 41.3 Å². The lowest BCUT2D eigenvalue weighted by molar-refractivity contribution is 0.141. The number of aromatic hydroxyl groups is 1. The molecule has 2 aliphatic heterocycles. The molecule has 6 heteroatoms. The maximum Gasteiger partial charge on any atom is 0.321 e. The standard InChI is InChI=1S/C22H26N2O4/c25-19-5-1-16(2-6-19)17-9-12-24(13-10-17)22(26)23-18-3-7-20(8-4-18)28-21-11-14-27-15-21/h1-8,17,21,25H,9-15H2,(H,23,26)/t21-/m1/s1. The molecule has 6 nitrogen and oxygen atoms in total. The topological polar surface area (TPSA) is 71.0 Å². The molecule has 2 fully saturated rings. The Morgan fingerprint density at radius 1 is 1.04 bits per heavy atom. The number of carbonyl (C=O) groups is 1. The van der Waals surface area contributed by atoms with Crippen molar-refractivity contribution >= 4 is 11.7 Å². The Labute approximate surface area is 165 Å². The molecule has 28 heavy (non-hydrogen) atoms. The van der Waals surface area contributed by atoms with Crippen molar-refractivity contribution in [3.05, 3.63) is 54.1 Å². The normalized spacial score (nSPS) is 20.1. The summed E-state index contributed by atoms with van der Waals surface area (Å²) < 4.78 is 11.2. The van der Waals surface area contributed by atoms with E-state index in [4.69, 9.17) is 9.47 Å². The van der Waals surface area contributed by atoms with Crippen molar-refractivity contribution in [2.45, 2.75) is 31.3 Å². The predicted octanol–water partition coefficient (Wildman–Crippen LogP) is 3.97. The molecule has 2 aliphatic rings. The molecule has 2 amide bonds. The van der Waals surface area contributed by atoms with E-state index < -0.39 is 0 Å². The molecule has 0 aliphatic carbocycles. The molecule has 0 unspecified atom stereocenters. The van der Waals surface area contributed by atoms with E-state index in [2.05, 4.69) is 5.32 Å². The minimum atomic E-state index is -0.0676. The highest BCUT2D eigenvalue weighted by Crippen LogP contribution is 2.29. The van der Waals surface area contributed by atoms with Gasteiger partial charge in [-0.25, -0.2) is 4.79 Å². The van der Waals surface area contributed by atoms with Gasteiger partial charge in [0.25, 0.3) is 0 Å². The first kappa shape index (κ1) is 18.6. The highest BCUT2D eigenvalue weighted by Gasteiger charge is 2.24. The fraction of sp³-hybridized carbons (Fsp3) is 0.409. The molecule has 1 atom stereocenters. The zero-order valence-corrected chi connectivity index (χ0v) is 15.8. The quantitative estimate of drug-likeness (QED) is 0.839. The Bertz CT molecular complexity index is 777. The number of ether oxygens (including phenoxy) is 2. The minimum absolute atomic E-state index is 0.0676. The van der Waals surface area contributed by atoms with Crippen LogP contribution in [0.5, 0.6) is 11.5 Å². The average Bonchev–Trinajstić information content (AvgIpc) is 3.23. The van der Waals surface area contributed by atoms with Gasteiger partial charge < -0.3 is 24.8 Å². The number of phenolic OH excluding ortho intramolecular Hbond substituents is 1. The van der Waals surface area contributed by atoms with Gasteiger partial charge in [0.15, 0.2) is 0 Å². The number of carbonyl (C=O) groups excluding carboxylic acids is 1. The first-order valence-corrected chi connectivity index (χ1v) is 9.87. The number of likely N-dealkylation sites (tertiary alicyclic amines) is 1. The fourth-order valence-corrected chi connectivity index (χ4v) is 3.78. The van der Waals surface area contributed by atoms with Crippen molar-refractivity contribution in [1.29, 1.82) is 0 Å². The van der Waals surface area contributed by atoms with Crippen LogP contribution in [-0.4, -0.2) is 48.4 Å². The van der Waals surface area contributed by atoms with Gasteiger partial charge in [-0.15, -0.1) is 0 Å². The summed E-state index contributed by atoms with van der Waals surface area (Å²) in [7, 11) is 0. The fourth-order valence-electron chi connectivity index (χ4n) is 3.78. The van der Waals surface area contributed by atoms with E-state index in [0.29, 0.717) is 12.5 Å². The van der Waals surface area contributed by atoms with E-state index in [0.717, 1.165) is 50.4 Å². The number of hydrogen-bond acceptors (Lipinski definition) is 4. The summed E-state index contributed by atoms with van der Waals surface area (Å²) in [5, 5.41) is 12.4. The SMILES string of the molecule is O=C(Nc1ccc(O[C@@H]2CCOC2)cc1)N1CCC(c2ccc(O)cc2)CC1. The summed E-state index contributed by atoms with van der Waals surface area (Å²) in [4.78, 5) is 14.4. The lowest BCUT2D eigenvalue weighted by Gasteiger charge is -2.32. The van der Waals surface area contributed by atoms with Gasteiger partial charge in [-0.2, -0.15) is 0 Å². The third kappa shape index (κ3) is 4.57. The Morgan fingerprint density at radius 2 is 1.75 bits per heavy atom. The smallest absolute Gasteiger partial charge is 0.321 e. The van der Waals surface area contributed by atoms with E-state index >= 15 is 0 Å². The first-order valence-electron chi connectivity index (χ1n) is 9.87. The van der Waals surface area contributed by atoms with Gasteiger partial charge >= 0.3 is 6.03 Å². The molecule has 148 valence electrons. The number of anilines is 1. The number of benzene rings is 2. The monoisotopic (exact) mass is 382 g/mol. The van der Waals surface area contributed by atoms with E-state index in [1.54, 1.807) is 12.1 Å². The third-order valence-corrected chi connectivity index (χ3v) is 5.44. The van der Waals surface area contributed by atoms with Crippen LogP contribution in [0.3, 0.4) is 0 Å². The number of amides is 2. The zero-order valence-electron chi connectivity index (χ0n) is 15.8. The van der Waals surface area contributed by atoms with Crippen molar-refractivity contribution in [1.82, 2.24) is 4.90 Å². The number of nitrogens with zero attached hydrogens (tertiary/aromatic N) is 1. The summed E-state index contributed by atoms with van der Waals surface area (Å²) in [6, 6.07) is 14.8. The Hall–Kier alpha value is -2.73. The average molecular weight is 382 g/mol. The highest BCUT2D eigenvalue weighted by molar-refractivity contribution is 5.89. The second kappa shape index (κ2) is 8.52. The van der Waals surface area contributed by atoms with Gasteiger partial charge in [-0.3, -0.25) is 0 Å². The Morgan fingerprint density at radius 3 is 2.39 bits per heavy atom. The summed E-state index contributed by atoms with van der Waals surface area (Å²) in [6.45, 7) is 2.83. The van der Waals surface area contributed by atoms with Crippen molar-refractivity contribution in [2.24, 2.45) is 0 Å². The molecule has 2 aromatic carbocycles. The summed E-state index contributed by atoms with van der Waals surface area (Å²) in [6.07, 6.45) is 2.89. The summed E-state index contributed by atoms with van der Waals surface area (Å²) in [5.41, 5.74) is 1.99. The lowest BCUT2D eigenvalue weighted by atomic mass is 9.89. The second-order valence-electron chi connectivity index (χ2n) is 7.41. The summed E-state index contributed by atoms with van der Waals surface area (Å²) in [5.74, 6) is 1.51. The number of rotatable bonds is 4. The van der Waals surface area contributed by atoms with Crippen LogP contribution in [-0.2, 0) is 4.74 Å². The highest BCUT2D eigenvalue weighted by atomic mass is 16.5. The molecule has 0 spiro atoms. The van der Waals surface area contributed by atoms with Crippen LogP contribution in [0.15, 0.2) is 48.5 Å². The van der Waals surface area contributed by atoms with E-state index in [-0.39, 0.29) is 17.9 Å². The van der Waals surface area contributed by atoms with Gasteiger partial charge in [0.05, 0.1) is 13.2 Å². The van der Waals surface area contributed by atoms with Crippen LogP contribution in [0.1, 0.15) is 30.7 Å². The molecule has 0 bridgehead atoms. The van der Waals surface area contributed by atoms with Crippen molar-refractivity contribution in [3.8, 4) is 11.5 Å². The largest absolute Gasteiger partial charge is 0.508 e. The predicted molar refractivity (Wildman–Crippen MR) is 107 cm³/mol. The molecule has 2 saturated heterocycles. The number of hydrogen-bond donors (Lipinski definition) is 2. The Balaban J connectivity index is 1.26. The van der Waals surface area contributed by atoms with Gasteiger partial charge in [-0.1, -0.05) is 12.1 Å². The zero-order chi connectivity index (χ0) is 19.3. The lowest BCUT2D eigenvalue weighted by Crippen LogP contribution is -2.40. The Kier molecular flexibility index (Phi) is 5.67. The summed E-state index contributed by atoms with van der Waals surface area (Å²) >= 11 is 0. The van der Waals surface area contributed by atoms with Crippen LogP contribution >= 0.6 is 0 Å². The van der Waals surface area contributed by atoms with E-state index in [1.165, 1.54) is 5.56 Å². The van der Waals surface area contributed by atoms with Crippen LogP contribution in [0.2, 0.25) is 0 Å². The molecular formula is C22H26N2O4. The van der Waals surface area contributed by atoms with Gasteiger partial charge in [0.2, 0.25) is 0 Å². The van der Waals surface area contributed by atoms with Crippen LogP contribution in [0.4, 0.5) is 10.5 Å². The number of piperidine rings is 1. The molecule has 2 N–H and O–H groups in total. The molecule has 0 aromatic heterocycles. The molecule has 4 rings (SSSR count). The van der Waals surface area contributed by atoms with Crippen LogP contribution in [0.25, 0.3) is 0 Å². The van der Waals surface area contributed by atoms with Gasteiger partial charge in [0, 0.05) is 25.2 Å². The second-order valence-corrected chi connectivity index (χ2v) is 7.41. The maximum absolute atomic E-state index is 12.6. The van der Waals surface area contributed by atoms with Crippen LogP contribution in [0, 0.1) is 0 Å². The molecule has 2 heterocycles. The molecule has 2 aromatic rings. The van der Waals surface area contributed by atoms with Crippen molar-refractivity contribution in [3.63, 3.8) is 0 Å². The minimum Gasteiger partial charge on any atom is -0.508 e. The van der Waals surface area contributed by atoms with Gasteiger partial charge in [-0.05, 0) is 60.7 Å². The van der Waals surface area contributed by atoms with Gasteiger partial charge in [0.1, 0.15) is 17.6 Å². The van der Waals surface area contributed by atoms with Crippen molar-refractivity contribution in [2.75, 3.05) is 31.6 Å². The van der Waals surface area contributed by atoms with Crippen LogP contribution < -0.4 is 10.1 Å². The number of nitrogens with one attached hydrogen (secondary N) is 1. The molecule has 0 saturated carbocycles. The third-order valence-electron chi connectivity index (χ3n) is 5.44. The van der Waals surface area contributed by atoms with E-state index in [9.17, 15) is 9.90 Å². The molecular weight excluding hydrogens is 356 g/mol. The maximum atomic E-state index is 12.6. The van der Waals surface area contributed by atoms with Crippen molar-refractivity contribution < 1.29 is 19.4 Å². The number of phenols is 1. The number of urea groups is 1.